The normalized spacial score (nSPS) is 17.5. The molecular formula is C16H25BrN4O. The molecule has 6 heteroatoms. The number of halogens is 1. The number of nitrogens with two attached hydrogens (primary N) is 1. The van der Waals surface area contributed by atoms with Crippen LogP contribution in [0.25, 0.3) is 0 Å². The van der Waals surface area contributed by atoms with Crippen molar-refractivity contribution in [1.29, 1.82) is 0 Å². The number of rotatable bonds is 5. The van der Waals surface area contributed by atoms with Gasteiger partial charge in [-0.25, -0.2) is 0 Å². The van der Waals surface area contributed by atoms with Crippen LogP contribution in [-0.4, -0.2) is 60.5 Å². The lowest BCUT2D eigenvalue weighted by atomic mass is 10.1. The number of anilines is 1. The minimum absolute atomic E-state index is 0.0370. The van der Waals surface area contributed by atoms with E-state index in [0.717, 1.165) is 42.9 Å². The standard InChI is InChI=1S/C16H25BrN4O/c1-16(2,18)12-21-9-7-20(8-10-21)11-15(22)19-14-5-3-13(17)4-6-14/h3-6H,7-12,18H2,1-2H3,(H,19,22). The Morgan fingerprint density at radius 2 is 1.73 bits per heavy atom. The van der Waals surface area contributed by atoms with E-state index < -0.39 is 0 Å². The van der Waals surface area contributed by atoms with Gasteiger partial charge in [-0.3, -0.25) is 14.6 Å². The number of nitrogens with one attached hydrogen (secondary N) is 1. The Morgan fingerprint density at radius 3 is 2.27 bits per heavy atom. The molecule has 0 saturated carbocycles. The third kappa shape index (κ3) is 6.04. The van der Waals surface area contributed by atoms with Crippen LogP contribution in [0.4, 0.5) is 5.69 Å². The molecule has 0 bridgehead atoms. The van der Waals surface area contributed by atoms with E-state index in [1.807, 2.05) is 38.1 Å². The number of nitrogens with zero attached hydrogens (tertiary/aromatic N) is 2. The van der Waals surface area contributed by atoms with Crippen molar-refractivity contribution >= 4 is 27.5 Å². The summed E-state index contributed by atoms with van der Waals surface area (Å²) in [5, 5.41) is 2.93. The first-order chi connectivity index (χ1) is 10.3. The van der Waals surface area contributed by atoms with Gasteiger partial charge in [-0.1, -0.05) is 15.9 Å². The fraction of sp³-hybridized carbons (Fsp3) is 0.562. The van der Waals surface area contributed by atoms with E-state index in [4.69, 9.17) is 5.73 Å². The maximum atomic E-state index is 12.1. The molecule has 1 amide bonds. The quantitative estimate of drug-likeness (QED) is 0.830. The molecule has 0 atom stereocenters. The Morgan fingerprint density at radius 1 is 1.18 bits per heavy atom. The molecule has 0 spiro atoms. The van der Waals surface area contributed by atoms with Crippen molar-refractivity contribution in [2.75, 3.05) is 44.6 Å². The van der Waals surface area contributed by atoms with E-state index in [1.165, 1.54) is 0 Å². The second kappa shape index (κ2) is 7.55. The summed E-state index contributed by atoms with van der Waals surface area (Å²) in [7, 11) is 0. The Balaban J connectivity index is 1.73. The van der Waals surface area contributed by atoms with Gasteiger partial charge in [0.2, 0.25) is 5.91 Å². The van der Waals surface area contributed by atoms with Gasteiger partial charge in [0.1, 0.15) is 0 Å². The van der Waals surface area contributed by atoms with Crippen molar-refractivity contribution < 1.29 is 4.79 Å². The topological polar surface area (TPSA) is 61.6 Å². The SMILES string of the molecule is CC(C)(N)CN1CCN(CC(=O)Nc2ccc(Br)cc2)CC1. The van der Waals surface area contributed by atoms with Gasteiger partial charge in [0.25, 0.3) is 0 Å². The average molecular weight is 369 g/mol. The van der Waals surface area contributed by atoms with Crippen LogP contribution in [0.15, 0.2) is 28.7 Å². The van der Waals surface area contributed by atoms with Gasteiger partial charge in [0, 0.05) is 48.4 Å². The Labute approximate surface area is 141 Å². The maximum Gasteiger partial charge on any atom is 0.238 e. The lowest BCUT2D eigenvalue weighted by Gasteiger charge is -2.37. The predicted molar refractivity (Wildman–Crippen MR) is 93.9 cm³/mol. The fourth-order valence-corrected chi connectivity index (χ4v) is 2.88. The molecule has 0 aromatic heterocycles. The molecular weight excluding hydrogens is 344 g/mol. The Kier molecular flexibility index (Phi) is 5.97. The average Bonchev–Trinajstić information content (AvgIpc) is 2.42. The number of carbonyl (C=O) groups is 1. The van der Waals surface area contributed by atoms with E-state index in [9.17, 15) is 4.79 Å². The van der Waals surface area contributed by atoms with Crippen LogP contribution in [-0.2, 0) is 4.79 Å². The lowest BCUT2D eigenvalue weighted by Crippen LogP contribution is -2.53. The van der Waals surface area contributed by atoms with Crippen LogP contribution in [0.3, 0.4) is 0 Å². The first-order valence-electron chi connectivity index (χ1n) is 7.61. The summed E-state index contributed by atoms with van der Waals surface area (Å²) in [6.45, 7) is 9.17. The molecule has 0 radical (unpaired) electrons. The van der Waals surface area contributed by atoms with Gasteiger partial charge in [0.05, 0.1) is 6.54 Å². The van der Waals surface area contributed by atoms with Gasteiger partial charge in [0.15, 0.2) is 0 Å². The molecule has 0 unspecified atom stereocenters. The first kappa shape index (κ1) is 17.4. The van der Waals surface area contributed by atoms with E-state index >= 15 is 0 Å². The number of hydrogen-bond donors (Lipinski definition) is 2. The highest BCUT2D eigenvalue weighted by molar-refractivity contribution is 9.10. The summed E-state index contributed by atoms with van der Waals surface area (Å²) >= 11 is 3.38. The molecule has 0 aliphatic carbocycles. The highest BCUT2D eigenvalue weighted by Gasteiger charge is 2.22. The van der Waals surface area contributed by atoms with Crippen LogP contribution < -0.4 is 11.1 Å². The molecule has 22 heavy (non-hydrogen) atoms. The lowest BCUT2D eigenvalue weighted by molar-refractivity contribution is -0.117. The minimum atomic E-state index is -0.166. The summed E-state index contributed by atoms with van der Waals surface area (Å²) in [6, 6.07) is 7.62. The van der Waals surface area contributed by atoms with Gasteiger partial charge in [-0.15, -0.1) is 0 Å². The van der Waals surface area contributed by atoms with E-state index in [-0.39, 0.29) is 11.4 Å². The highest BCUT2D eigenvalue weighted by atomic mass is 79.9. The van der Waals surface area contributed by atoms with E-state index in [0.29, 0.717) is 6.54 Å². The van der Waals surface area contributed by atoms with Crippen molar-refractivity contribution in [2.24, 2.45) is 5.73 Å². The van der Waals surface area contributed by atoms with Crippen molar-refractivity contribution in [3.8, 4) is 0 Å². The fourth-order valence-electron chi connectivity index (χ4n) is 2.62. The molecule has 1 fully saturated rings. The van der Waals surface area contributed by atoms with Gasteiger partial charge in [-0.2, -0.15) is 0 Å². The molecule has 1 saturated heterocycles. The first-order valence-corrected chi connectivity index (χ1v) is 8.40. The number of carbonyl (C=O) groups excluding carboxylic acids is 1. The summed E-state index contributed by atoms with van der Waals surface area (Å²) in [6.07, 6.45) is 0. The van der Waals surface area contributed by atoms with Crippen LogP contribution in [0.5, 0.6) is 0 Å². The maximum absolute atomic E-state index is 12.1. The smallest absolute Gasteiger partial charge is 0.238 e. The number of amides is 1. The van der Waals surface area contributed by atoms with Crippen LogP contribution in [0, 0.1) is 0 Å². The Bertz CT molecular complexity index is 490. The van der Waals surface area contributed by atoms with Crippen LogP contribution in [0.1, 0.15) is 13.8 Å². The molecule has 1 aliphatic heterocycles. The molecule has 3 N–H and O–H groups in total. The zero-order valence-electron chi connectivity index (χ0n) is 13.3. The Hall–Kier alpha value is -0.950. The molecule has 5 nitrogen and oxygen atoms in total. The molecule has 1 heterocycles. The van der Waals surface area contributed by atoms with Gasteiger partial charge < -0.3 is 11.1 Å². The van der Waals surface area contributed by atoms with Crippen molar-refractivity contribution in [1.82, 2.24) is 9.80 Å². The van der Waals surface area contributed by atoms with Gasteiger partial charge in [-0.05, 0) is 38.1 Å². The molecule has 1 aromatic rings. The second-order valence-electron chi connectivity index (χ2n) is 6.60. The number of hydrogen-bond acceptors (Lipinski definition) is 4. The molecule has 122 valence electrons. The summed E-state index contributed by atoms with van der Waals surface area (Å²) in [5.41, 5.74) is 6.72. The van der Waals surface area contributed by atoms with E-state index in [1.54, 1.807) is 0 Å². The van der Waals surface area contributed by atoms with Gasteiger partial charge >= 0.3 is 0 Å². The predicted octanol–water partition coefficient (Wildman–Crippen LogP) is 1.74. The molecule has 1 aromatic carbocycles. The third-order valence-corrected chi connectivity index (χ3v) is 4.12. The zero-order chi connectivity index (χ0) is 16.2. The molecule has 1 aliphatic rings. The second-order valence-corrected chi connectivity index (χ2v) is 7.51. The van der Waals surface area contributed by atoms with Crippen LogP contribution >= 0.6 is 15.9 Å². The summed E-state index contributed by atoms with van der Waals surface area (Å²) in [5.74, 6) is 0.0370. The largest absolute Gasteiger partial charge is 0.325 e. The van der Waals surface area contributed by atoms with Crippen molar-refractivity contribution in [3.05, 3.63) is 28.7 Å². The highest BCUT2D eigenvalue weighted by Crippen LogP contribution is 2.14. The van der Waals surface area contributed by atoms with Crippen LogP contribution in [0.2, 0.25) is 0 Å². The summed E-state index contributed by atoms with van der Waals surface area (Å²) in [4.78, 5) is 16.6. The minimum Gasteiger partial charge on any atom is -0.325 e. The number of benzene rings is 1. The summed E-state index contributed by atoms with van der Waals surface area (Å²) < 4.78 is 1.00. The third-order valence-electron chi connectivity index (χ3n) is 3.59. The number of piperazine rings is 1. The molecule has 2 rings (SSSR count). The monoisotopic (exact) mass is 368 g/mol. The van der Waals surface area contributed by atoms with Crippen molar-refractivity contribution in [3.63, 3.8) is 0 Å². The van der Waals surface area contributed by atoms with Crippen molar-refractivity contribution in [2.45, 2.75) is 19.4 Å². The van der Waals surface area contributed by atoms with E-state index in [2.05, 4.69) is 31.0 Å². The zero-order valence-corrected chi connectivity index (χ0v) is 14.9.